The third-order valence-electron chi connectivity index (χ3n) is 5.22. The van der Waals surface area contributed by atoms with E-state index in [1.807, 2.05) is 0 Å². The van der Waals surface area contributed by atoms with Crippen molar-refractivity contribution >= 4 is 5.69 Å². The number of hydrogen-bond acceptors (Lipinski definition) is 1. The molecule has 0 amide bonds. The summed E-state index contributed by atoms with van der Waals surface area (Å²) >= 11 is 0. The molecule has 1 aromatic carbocycles. The van der Waals surface area contributed by atoms with Crippen molar-refractivity contribution < 1.29 is 0 Å². The quantitative estimate of drug-likeness (QED) is 0.673. The van der Waals surface area contributed by atoms with Gasteiger partial charge >= 0.3 is 0 Å². The number of para-hydroxylation sites is 1. The number of nitrogens with zero attached hydrogens (tertiary/aromatic N) is 1. The molecule has 0 bridgehead atoms. The van der Waals surface area contributed by atoms with Gasteiger partial charge in [-0.15, -0.1) is 0 Å². The summed E-state index contributed by atoms with van der Waals surface area (Å²) in [6, 6.07) is 8.68. The summed E-state index contributed by atoms with van der Waals surface area (Å²) in [5.74, 6) is 0. The average Bonchev–Trinajstić information content (AvgIpc) is 3.11. The smallest absolute Gasteiger partial charge is 0.0439 e. The molecule has 0 aromatic heterocycles. The van der Waals surface area contributed by atoms with Crippen LogP contribution >= 0.6 is 0 Å². The zero-order valence-electron chi connectivity index (χ0n) is 14.7. The predicted molar refractivity (Wildman–Crippen MR) is 103 cm³/mol. The molecule has 122 valence electrons. The van der Waals surface area contributed by atoms with Gasteiger partial charge < -0.3 is 4.90 Å². The third kappa shape index (κ3) is 2.80. The summed E-state index contributed by atoms with van der Waals surface area (Å²) in [6.07, 6.45) is 14.6. The van der Waals surface area contributed by atoms with Crippen LogP contribution in [0.1, 0.15) is 32.3 Å². The van der Waals surface area contributed by atoms with Gasteiger partial charge in [-0.25, -0.2) is 0 Å². The maximum atomic E-state index is 4.29. The Morgan fingerprint density at radius 1 is 1.12 bits per heavy atom. The number of allylic oxidation sites excluding steroid dienone is 8. The van der Waals surface area contributed by atoms with Gasteiger partial charge in [0.25, 0.3) is 0 Å². The van der Waals surface area contributed by atoms with E-state index in [1.54, 1.807) is 0 Å². The fourth-order valence-electron chi connectivity index (χ4n) is 4.18. The first-order valence-corrected chi connectivity index (χ1v) is 8.86. The van der Waals surface area contributed by atoms with Crippen LogP contribution in [0.15, 0.2) is 83.6 Å². The molecule has 0 radical (unpaired) electrons. The van der Waals surface area contributed by atoms with Gasteiger partial charge in [-0.2, -0.15) is 0 Å². The van der Waals surface area contributed by atoms with Gasteiger partial charge in [0.2, 0.25) is 0 Å². The Morgan fingerprint density at radius 2 is 1.96 bits per heavy atom. The Bertz CT molecular complexity index is 814. The average molecular weight is 315 g/mol. The minimum absolute atomic E-state index is 0.338. The second-order valence-electron chi connectivity index (χ2n) is 7.93. The van der Waals surface area contributed by atoms with E-state index in [0.717, 1.165) is 25.8 Å². The molecule has 0 unspecified atom stereocenters. The number of benzene rings is 1. The highest BCUT2D eigenvalue weighted by atomic mass is 15.1. The summed E-state index contributed by atoms with van der Waals surface area (Å²) in [6.45, 7) is 10.0. The van der Waals surface area contributed by atoms with Crippen molar-refractivity contribution in [1.82, 2.24) is 0 Å². The van der Waals surface area contributed by atoms with Crippen molar-refractivity contribution in [3.8, 4) is 0 Å². The molecule has 0 atom stereocenters. The van der Waals surface area contributed by atoms with Gasteiger partial charge in [0, 0.05) is 18.4 Å². The lowest BCUT2D eigenvalue weighted by Crippen LogP contribution is -2.19. The lowest BCUT2D eigenvalue weighted by atomic mass is 9.72. The Balaban J connectivity index is 1.52. The third-order valence-corrected chi connectivity index (χ3v) is 5.22. The first kappa shape index (κ1) is 15.3. The number of hydrogen-bond donors (Lipinski definition) is 0. The van der Waals surface area contributed by atoms with Crippen molar-refractivity contribution in [2.24, 2.45) is 5.41 Å². The van der Waals surface area contributed by atoms with Gasteiger partial charge in [-0.1, -0.05) is 50.8 Å². The van der Waals surface area contributed by atoms with E-state index in [2.05, 4.69) is 80.1 Å². The van der Waals surface area contributed by atoms with Gasteiger partial charge in [0.1, 0.15) is 0 Å². The molecular weight excluding hydrogens is 290 g/mol. The van der Waals surface area contributed by atoms with E-state index in [0.29, 0.717) is 5.41 Å². The second kappa shape index (κ2) is 5.66. The summed E-state index contributed by atoms with van der Waals surface area (Å²) < 4.78 is 0. The topological polar surface area (TPSA) is 3.24 Å². The highest BCUT2D eigenvalue weighted by Crippen LogP contribution is 2.46. The number of anilines is 1. The molecule has 1 aliphatic heterocycles. The molecule has 1 saturated carbocycles. The molecule has 1 heterocycles. The predicted octanol–water partition coefficient (Wildman–Crippen LogP) is 5.73. The Kier molecular flexibility index (Phi) is 3.60. The molecule has 2 aliphatic carbocycles. The fourth-order valence-corrected chi connectivity index (χ4v) is 4.18. The summed E-state index contributed by atoms with van der Waals surface area (Å²) in [5.41, 5.74) is 8.55. The molecule has 3 aliphatic rings. The van der Waals surface area contributed by atoms with Crippen molar-refractivity contribution in [3.63, 3.8) is 0 Å². The van der Waals surface area contributed by atoms with Crippen molar-refractivity contribution in [3.05, 3.63) is 89.2 Å². The van der Waals surface area contributed by atoms with E-state index in [1.165, 1.54) is 33.5 Å². The molecule has 1 heteroatoms. The Hall–Kier alpha value is -2.28. The molecule has 24 heavy (non-hydrogen) atoms. The molecule has 4 rings (SSSR count). The maximum absolute atomic E-state index is 4.29. The minimum atomic E-state index is 0.338. The number of rotatable bonds is 2. The number of fused-ring (bicyclic) bond motifs is 2. The molecule has 1 nitrogen and oxygen atoms in total. The van der Waals surface area contributed by atoms with Crippen LogP contribution < -0.4 is 4.90 Å². The van der Waals surface area contributed by atoms with E-state index >= 15 is 0 Å². The van der Waals surface area contributed by atoms with Crippen LogP contribution in [0.25, 0.3) is 0 Å². The molecule has 1 aromatic rings. The Morgan fingerprint density at radius 3 is 2.83 bits per heavy atom. The van der Waals surface area contributed by atoms with Crippen LogP contribution in [0.3, 0.4) is 0 Å². The molecular formula is C23H25N. The van der Waals surface area contributed by atoms with Gasteiger partial charge in [-0.3, -0.25) is 0 Å². The second-order valence-corrected chi connectivity index (χ2v) is 7.93. The van der Waals surface area contributed by atoms with Crippen molar-refractivity contribution in [2.45, 2.75) is 33.1 Å². The first-order valence-electron chi connectivity index (χ1n) is 8.86. The zero-order chi connectivity index (χ0) is 16.7. The van der Waals surface area contributed by atoms with Crippen LogP contribution in [0, 0.1) is 5.41 Å². The molecule has 1 fully saturated rings. The van der Waals surface area contributed by atoms with Crippen LogP contribution in [-0.4, -0.2) is 6.54 Å². The van der Waals surface area contributed by atoms with Crippen LogP contribution in [0.4, 0.5) is 5.69 Å². The summed E-state index contributed by atoms with van der Waals surface area (Å²) in [4.78, 5) is 2.34. The molecule has 0 spiro atoms. The van der Waals surface area contributed by atoms with Gasteiger partial charge in [-0.05, 0) is 70.8 Å². The van der Waals surface area contributed by atoms with Crippen molar-refractivity contribution in [2.75, 3.05) is 11.4 Å². The van der Waals surface area contributed by atoms with E-state index in [4.69, 9.17) is 0 Å². The van der Waals surface area contributed by atoms with Crippen LogP contribution in [0.2, 0.25) is 0 Å². The SMILES string of the molecule is C=C1CC(C)(C)CC2=C/C(=C\C=C\N3CCc4ccccc43)C=C12. The monoisotopic (exact) mass is 315 g/mol. The van der Waals surface area contributed by atoms with Gasteiger partial charge in [0.05, 0.1) is 0 Å². The minimum Gasteiger partial charge on any atom is -0.347 e. The molecule has 0 saturated heterocycles. The highest BCUT2D eigenvalue weighted by Gasteiger charge is 2.31. The Labute approximate surface area is 145 Å². The lowest BCUT2D eigenvalue weighted by Gasteiger charge is -2.33. The zero-order valence-corrected chi connectivity index (χ0v) is 14.7. The standard InChI is InChI=1S/C23H25N/c1-17-15-23(2,3)16-20-13-18(14-21(17)20)7-6-11-24-12-10-19-8-4-5-9-22(19)24/h4-9,11,13-14H,1,10,12,15-16H2,2-3H3/b11-6+,18-7+. The summed E-state index contributed by atoms with van der Waals surface area (Å²) in [5, 5.41) is 0. The van der Waals surface area contributed by atoms with E-state index < -0.39 is 0 Å². The largest absolute Gasteiger partial charge is 0.347 e. The van der Waals surface area contributed by atoms with Gasteiger partial charge in [0.15, 0.2) is 0 Å². The maximum Gasteiger partial charge on any atom is 0.0439 e. The normalized spacial score (nSPS) is 23.5. The fraction of sp³-hybridized carbons (Fsp3) is 0.304. The van der Waals surface area contributed by atoms with Crippen LogP contribution in [0.5, 0.6) is 0 Å². The van der Waals surface area contributed by atoms with Crippen LogP contribution in [-0.2, 0) is 6.42 Å². The first-order chi connectivity index (χ1) is 11.5. The van der Waals surface area contributed by atoms with Crippen molar-refractivity contribution in [1.29, 1.82) is 0 Å². The molecule has 0 N–H and O–H groups in total. The lowest BCUT2D eigenvalue weighted by molar-refractivity contribution is 0.349. The highest BCUT2D eigenvalue weighted by molar-refractivity contribution is 5.63. The van der Waals surface area contributed by atoms with E-state index in [-0.39, 0.29) is 0 Å². The summed E-state index contributed by atoms with van der Waals surface area (Å²) in [7, 11) is 0. The van der Waals surface area contributed by atoms with E-state index in [9.17, 15) is 0 Å².